The maximum Gasteiger partial charge on any atom is 0.0767 e. The second-order valence-corrected chi connectivity index (χ2v) is 5.81. The molecule has 94 valence electrons. The number of nitrogens with zero attached hydrogens (tertiary/aromatic N) is 1. The van der Waals surface area contributed by atoms with Gasteiger partial charge in [-0.1, -0.05) is 6.07 Å². The highest BCUT2D eigenvalue weighted by atomic mass is 16.3. The second kappa shape index (κ2) is 4.34. The molecule has 0 bridgehead atoms. The van der Waals surface area contributed by atoms with Gasteiger partial charge in [0.05, 0.1) is 11.6 Å². The molecule has 0 saturated carbocycles. The standard InChI is InChI=1S/C15H23NO/c1-11-8-12(2)10-13(9-11)16-7-5-6-14(17)15(16,3)4/h8-10,14,17H,5-7H2,1-4H3. The van der Waals surface area contributed by atoms with Gasteiger partial charge in [0.2, 0.25) is 0 Å². The van der Waals surface area contributed by atoms with E-state index in [0.29, 0.717) is 0 Å². The van der Waals surface area contributed by atoms with Crippen molar-refractivity contribution >= 4 is 5.69 Å². The third kappa shape index (κ3) is 2.32. The molecule has 2 nitrogen and oxygen atoms in total. The van der Waals surface area contributed by atoms with E-state index in [9.17, 15) is 5.11 Å². The highest BCUT2D eigenvalue weighted by Crippen LogP contribution is 2.33. The summed E-state index contributed by atoms with van der Waals surface area (Å²) in [6.07, 6.45) is 1.74. The summed E-state index contributed by atoms with van der Waals surface area (Å²) in [7, 11) is 0. The van der Waals surface area contributed by atoms with Crippen molar-refractivity contribution in [3.8, 4) is 0 Å². The van der Waals surface area contributed by atoms with Gasteiger partial charge in [-0.2, -0.15) is 0 Å². The summed E-state index contributed by atoms with van der Waals surface area (Å²) in [5, 5.41) is 10.2. The van der Waals surface area contributed by atoms with Crippen LogP contribution in [0.25, 0.3) is 0 Å². The van der Waals surface area contributed by atoms with E-state index in [1.165, 1.54) is 16.8 Å². The number of hydrogen-bond acceptors (Lipinski definition) is 2. The van der Waals surface area contributed by atoms with Crippen molar-refractivity contribution in [1.82, 2.24) is 0 Å². The number of benzene rings is 1. The average Bonchev–Trinajstić information content (AvgIpc) is 2.20. The number of aliphatic hydroxyl groups excluding tert-OH is 1. The predicted molar refractivity (Wildman–Crippen MR) is 72.6 cm³/mol. The molecule has 0 amide bonds. The topological polar surface area (TPSA) is 23.5 Å². The molecule has 0 spiro atoms. The summed E-state index contributed by atoms with van der Waals surface area (Å²) >= 11 is 0. The van der Waals surface area contributed by atoms with Crippen molar-refractivity contribution < 1.29 is 5.11 Å². The highest BCUT2D eigenvalue weighted by Gasteiger charge is 2.37. The van der Waals surface area contributed by atoms with Gasteiger partial charge >= 0.3 is 0 Å². The van der Waals surface area contributed by atoms with Crippen molar-refractivity contribution in [2.45, 2.75) is 52.2 Å². The van der Waals surface area contributed by atoms with Gasteiger partial charge in [0, 0.05) is 12.2 Å². The summed E-state index contributed by atoms with van der Waals surface area (Å²) in [5.41, 5.74) is 3.65. The van der Waals surface area contributed by atoms with Gasteiger partial charge < -0.3 is 10.0 Å². The SMILES string of the molecule is Cc1cc(C)cc(N2CCCC(O)C2(C)C)c1. The molecule has 2 rings (SSSR count). The molecule has 1 aromatic carbocycles. The van der Waals surface area contributed by atoms with Crippen molar-refractivity contribution in [2.75, 3.05) is 11.4 Å². The van der Waals surface area contributed by atoms with Gasteiger partial charge in [0.25, 0.3) is 0 Å². The molecule has 0 radical (unpaired) electrons. The first-order valence-electron chi connectivity index (χ1n) is 6.45. The Balaban J connectivity index is 2.37. The number of aliphatic hydroxyl groups is 1. The molecule has 0 aliphatic carbocycles. The molecule has 1 heterocycles. The van der Waals surface area contributed by atoms with Crippen LogP contribution in [0.3, 0.4) is 0 Å². The van der Waals surface area contributed by atoms with Crippen LogP contribution in [0.15, 0.2) is 18.2 Å². The fourth-order valence-electron chi connectivity index (χ4n) is 2.83. The van der Waals surface area contributed by atoms with Crippen LogP contribution in [0, 0.1) is 13.8 Å². The van der Waals surface area contributed by atoms with E-state index in [4.69, 9.17) is 0 Å². The number of hydrogen-bond donors (Lipinski definition) is 1. The highest BCUT2D eigenvalue weighted by molar-refractivity contribution is 5.53. The van der Waals surface area contributed by atoms with E-state index < -0.39 is 0 Å². The average molecular weight is 233 g/mol. The lowest BCUT2D eigenvalue weighted by molar-refractivity contribution is 0.0711. The van der Waals surface area contributed by atoms with Crippen LogP contribution in [0.2, 0.25) is 0 Å². The van der Waals surface area contributed by atoms with Crippen molar-refractivity contribution in [1.29, 1.82) is 0 Å². The Labute approximate surface area is 104 Å². The Bertz CT molecular complexity index is 391. The van der Waals surface area contributed by atoms with Crippen LogP contribution in [0.5, 0.6) is 0 Å². The number of anilines is 1. The van der Waals surface area contributed by atoms with Crippen molar-refractivity contribution in [2.24, 2.45) is 0 Å². The summed E-state index contributed by atoms with van der Waals surface area (Å²) in [4.78, 5) is 2.35. The van der Waals surface area contributed by atoms with Crippen LogP contribution in [0.1, 0.15) is 37.8 Å². The molecule has 1 atom stereocenters. The van der Waals surface area contributed by atoms with Crippen LogP contribution >= 0.6 is 0 Å². The van der Waals surface area contributed by atoms with Gasteiger partial charge in [0.1, 0.15) is 0 Å². The van der Waals surface area contributed by atoms with Gasteiger partial charge in [-0.05, 0) is 63.8 Å². The van der Waals surface area contributed by atoms with Crippen LogP contribution < -0.4 is 4.90 Å². The summed E-state index contributed by atoms with van der Waals surface area (Å²) < 4.78 is 0. The zero-order chi connectivity index (χ0) is 12.6. The maximum absolute atomic E-state index is 10.2. The van der Waals surface area contributed by atoms with Crippen molar-refractivity contribution in [3.63, 3.8) is 0 Å². The second-order valence-electron chi connectivity index (χ2n) is 5.81. The van der Waals surface area contributed by atoms with Crippen LogP contribution in [-0.2, 0) is 0 Å². The molecule has 1 fully saturated rings. The summed E-state index contributed by atoms with van der Waals surface area (Å²) in [6, 6.07) is 6.62. The Morgan fingerprint density at radius 2 is 1.76 bits per heavy atom. The zero-order valence-electron chi connectivity index (χ0n) is 11.3. The van der Waals surface area contributed by atoms with Gasteiger partial charge in [-0.3, -0.25) is 0 Å². The Morgan fingerprint density at radius 1 is 1.18 bits per heavy atom. The lowest BCUT2D eigenvalue weighted by atomic mass is 9.86. The quantitative estimate of drug-likeness (QED) is 0.806. The van der Waals surface area contributed by atoms with E-state index in [-0.39, 0.29) is 11.6 Å². The summed E-state index contributed by atoms with van der Waals surface area (Å²) in [5.74, 6) is 0. The smallest absolute Gasteiger partial charge is 0.0767 e. The molecule has 1 aromatic rings. The Kier molecular flexibility index (Phi) is 3.17. The third-order valence-electron chi connectivity index (χ3n) is 3.89. The maximum atomic E-state index is 10.2. The lowest BCUT2D eigenvalue weighted by Crippen LogP contribution is -2.56. The van der Waals surface area contributed by atoms with Gasteiger partial charge in [-0.25, -0.2) is 0 Å². The number of rotatable bonds is 1. The molecule has 1 unspecified atom stereocenters. The fourth-order valence-corrected chi connectivity index (χ4v) is 2.83. The van der Waals surface area contributed by atoms with E-state index in [2.05, 4.69) is 50.8 Å². The molecule has 1 aliphatic heterocycles. The van der Waals surface area contributed by atoms with E-state index in [1.807, 2.05) is 0 Å². The van der Waals surface area contributed by atoms with Gasteiger partial charge in [0.15, 0.2) is 0 Å². The Hall–Kier alpha value is -1.02. The fraction of sp³-hybridized carbons (Fsp3) is 0.600. The summed E-state index contributed by atoms with van der Waals surface area (Å²) in [6.45, 7) is 9.56. The Morgan fingerprint density at radius 3 is 2.35 bits per heavy atom. The van der Waals surface area contributed by atoms with E-state index in [1.54, 1.807) is 0 Å². The third-order valence-corrected chi connectivity index (χ3v) is 3.89. The minimum atomic E-state index is -0.239. The molecule has 1 saturated heterocycles. The molecule has 0 aromatic heterocycles. The lowest BCUT2D eigenvalue weighted by Gasteiger charge is -2.47. The first-order valence-corrected chi connectivity index (χ1v) is 6.45. The molecular weight excluding hydrogens is 210 g/mol. The molecule has 1 N–H and O–H groups in total. The number of piperidine rings is 1. The molecule has 17 heavy (non-hydrogen) atoms. The normalized spacial score (nSPS) is 23.8. The van der Waals surface area contributed by atoms with E-state index in [0.717, 1.165) is 19.4 Å². The zero-order valence-corrected chi connectivity index (χ0v) is 11.3. The van der Waals surface area contributed by atoms with Crippen LogP contribution in [-0.4, -0.2) is 23.3 Å². The molecule has 2 heteroatoms. The van der Waals surface area contributed by atoms with Crippen LogP contribution in [0.4, 0.5) is 5.69 Å². The first-order chi connectivity index (χ1) is 7.91. The molecular formula is C15H23NO. The monoisotopic (exact) mass is 233 g/mol. The minimum Gasteiger partial charge on any atom is -0.391 e. The minimum absolute atomic E-state index is 0.168. The first kappa shape index (κ1) is 12.4. The van der Waals surface area contributed by atoms with E-state index >= 15 is 0 Å². The number of aryl methyl sites for hydroxylation is 2. The molecule has 1 aliphatic rings. The van der Waals surface area contributed by atoms with Gasteiger partial charge in [-0.15, -0.1) is 0 Å². The largest absolute Gasteiger partial charge is 0.391 e. The predicted octanol–water partition coefficient (Wildman–Crippen LogP) is 3.04. The van der Waals surface area contributed by atoms with Crippen molar-refractivity contribution in [3.05, 3.63) is 29.3 Å².